The number of aromatic amines is 1. The summed E-state index contributed by atoms with van der Waals surface area (Å²) in [6.07, 6.45) is 7.86. The number of aromatic nitrogens is 2. The number of aryl methyl sites for hydroxylation is 1. The summed E-state index contributed by atoms with van der Waals surface area (Å²) in [4.78, 5) is 10.4. The van der Waals surface area contributed by atoms with Crippen LogP contribution in [0.1, 0.15) is 43.5 Å². The second-order valence-electron chi connectivity index (χ2n) is 9.68. The Morgan fingerprint density at radius 2 is 2.03 bits per heavy atom. The van der Waals surface area contributed by atoms with E-state index in [1.54, 1.807) is 12.1 Å². The smallest absolute Gasteiger partial charge is 0.123 e. The quantitative estimate of drug-likeness (QED) is 0.513. The Morgan fingerprint density at radius 3 is 2.81 bits per heavy atom. The van der Waals surface area contributed by atoms with Gasteiger partial charge in [0, 0.05) is 18.9 Å². The van der Waals surface area contributed by atoms with Gasteiger partial charge in [0.05, 0.1) is 16.6 Å². The minimum absolute atomic E-state index is 0.162. The molecule has 3 aromatic rings. The first-order valence-electron chi connectivity index (χ1n) is 11.8. The maximum Gasteiger partial charge on any atom is 0.123 e. The van der Waals surface area contributed by atoms with Gasteiger partial charge in [0.1, 0.15) is 11.6 Å². The molecule has 0 aliphatic heterocycles. The van der Waals surface area contributed by atoms with Gasteiger partial charge in [-0.3, -0.25) is 0 Å². The van der Waals surface area contributed by atoms with Gasteiger partial charge >= 0.3 is 0 Å². The van der Waals surface area contributed by atoms with Crippen LogP contribution in [0.3, 0.4) is 0 Å². The Balaban J connectivity index is 1.14. The Kier molecular flexibility index (Phi) is 5.87. The number of nitrogens with one attached hydrogen (secondary N) is 1. The number of halogens is 1. The second-order valence-corrected chi connectivity index (χ2v) is 9.68. The molecular formula is C27H32FN3O. The van der Waals surface area contributed by atoms with E-state index in [0.717, 1.165) is 74.0 Å². The van der Waals surface area contributed by atoms with E-state index >= 15 is 0 Å². The van der Waals surface area contributed by atoms with Crippen molar-refractivity contribution in [1.29, 1.82) is 0 Å². The zero-order valence-corrected chi connectivity index (χ0v) is 18.7. The van der Waals surface area contributed by atoms with Crippen molar-refractivity contribution in [3.05, 3.63) is 71.8 Å². The fourth-order valence-electron chi connectivity index (χ4n) is 5.61. The van der Waals surface area contributed by atoms with Gasteiger partial charge in [-0.25, -0.2) is 9.37 Å². The van der Waals surface area contributed by atoms with Crippen LogP contribution in [0.2, 0.25) is 0 Å². The van der Waals surface area contributed by atoms with Gasteiger partial charge in [-0.05, 0) is 87.0 Å². The minimum atomic E-state index is -0.646. The fourth-order valence-corrected chi connectivity index (χ4v) is 5.61. The van der Waals surface area contributed by atoms with E-state index < -0.39 is 5.60 Å². The first kappa shape index (κ1) is 21.4. The molecule has 2 aromatic carbocycles. The van der Waals surface area contributed by atoms with Crippen LogP contribution in [0.5, 0.6) is 0 Å². The predicted molar refractivity (Wildman–Crippen MR) is 127 cm³/mol. The van der Waals surface area contributed by atoms with Gasteiger partial charge in [0.2, 0.25) is 0 Å². The highest BCUT2D eigenvalue weighted by atomic mass is 19.1. The highest BCUT2D eigenvalue weighted by Crippen LogP contribution is 2.51. The van der Waals surface area contributed by atoms with Crippen molar-refractivity contribution in [3.8, 4) is 0 Å². The fraction of sp³-hybridized carbons (Fsp3) is 0.444. The number of fused-ring (bicyclic) bond motifs is 3. The van der Waals surface area contributed by atoms with Crippen LogP contribution < -0.4 is 0 Å². The number of rotatable bonds is 8. The molecule has 32 heavy (non-hydrogen) atoms. The summed E-state index contributed by atoms with van der Waals surface area (Å²) in [7, 11) is 2.14. The average Bonchev–Trinajstić information content (AvgIpc) is 3.21. The van der Waals surface area contributed by atoms with E-state index in [-0.39, 0.29) is 11.7 Å². The maximum absolute atomic E-state index is 13.7. The van der Waals surface area contributed by atoms with Crippen molar-refractivity contribution in [2.75, 3.05) is 20.1 Å². The highest BCUT2D eigenvalue weighted by molar-refractivity contribution is 5.74. The number of hydrogen-bond acceptors (Lipinski definition) is 3. The molecule has 0 radical (unpaired) electrons. The lowest BCUT2D eigenvalue weighted by molar-refractivity contribution is -0.0574. The molecular weight excluding hydrogens is 401 g/mol. The maximum atomic E-state index is 13.7. The molecule has 0 amide bonds. The molecule has 168 valence electrons. The Morgan fingerprint density at radius 1 is 1.16 bits per heavy atom. The van der Waals surface area contributed by atoms with Gasteiger partial charge < -0.3 is 15.0 Å². The van der Waals surface area contributed by atoms with Crippen LogP contribution in [-0.2, 0) is 6.42 Å². The number of nitrogens with zero attached hydrogens (tertiary/aromatic N) is 2. The molecule has 1 aromatic heterocycles. The summed E-state index contributed by atoms with van der Waals surface area (Å²) in [5.74, 6) is 1.34. The van der Waals surface area contributed by atoms with Crippen molar-refractivity contribution in [2.45, 2.75) is 44.1 Å². The lowest BCUT2D eigenvalue weighted by Gasteiger charge is -2.48. The van der Waals surface area contributed by atoms with Gasteiger partial charge in [-0.1, -0.05) is 30.3 Å². The van der Waals surface area contributed by atoms with Crippen molar-refractivity contribution in [3.63, 3.8) is 0 Å². The summed E-state index contributed by atoms with van der Waals surface area (Å²) >= 11 is 0. The zero-order valence-electron chi connectivity index (χ0n) is 18.7. The van der Waals surface area contributed by atoms with E-state index in [1.807, 2.05) is 24.3 Å². The summed E-state index contributed by atoms with van der Waals surface area (Å²) in [6.45, 7) is 1.86. The summed E-state index contributed by atoms with van der Waals surface area (Å²) in [5, 5.41) is 11.5. The normalized spacial score (nSPS) is 24.9. The number of allylic oxidation sites excluding steroid dienone is 1. The minimum Gasteiger partial charge on any atom is -0.389 e. The van der Waals surface area contributed by atoms with Crippen LogP contribution in [-0.4, -0.2) is 45.7 Å². The Bertz CT molecular complexity index is 1090. The molecule has 0 saturated heterocycles. The summed E-state index contributed by atoms with van der Waals surface area (Å²) in [5.41, 5.74) is 3.67. The van der Waals surface area contributed by atoms with Crippen LogP contribution >= 0.6 is 0 Å². The van der Waals surface area contributed by atoms with E-state index in [1.165, 1.54) is 11.6 Å². The molecule has 4 nitrogen and oxygen atoms in total. The van der Waals surface area contributed by atoms with E-state index in [0.29, 0.717) is 5.92 Å². The van der Waals surface area contributed by atoms with Crippen molar-refractivity contribution < 1.29 is 9.50 Å². The molecule has 3 aliphatic carbocycles. The largest absolute Gasteiger partial charge is 0.389 e. The SMILES string of the molecule is CN(CCCc1nc2ccccc2[nH]1)CC[C@@]1(O)C[C@@H]2CC[C@@H]1C=C2c1cccc(F)c1. The molecule has 2 N–H and O–H groups in total. The zero-order chi connectivity index (χ0) is 22.1. The first-order valence-corrected chi connectivity index (χ1v) is 11.8. The van der Waals surface area contributed by atoms with E-state index in [9.17, 15) is 9.50 Å². The van der Waals surface area contributed by atoms with Gasteiger partial charge in [-0.2, -0.15) is 0 Å². The van der Waals surface area contributed by atoms with Crippen molar-refractivity contribution >= 4 is 16.6 Å². The summed E-state index contributed by atoms with van der Waals surface area (Å²) in [6, 6.07) is 15.0. The third-order valence-electron chi connectivity index (χ3n) is 7.41. The van der Waals surface area contributed by atoms with E-state index in [2.05, 4.69) is 34.1 Å². The number of hydrogen-bond donors (Lipinski definition) is 2. The molecule has 2 bridgehead atoms. The molecule has 3 aliphatic rings. The van der Waals surface area contributed by atoms with Crippen LogP contribution in [0, 0.1) is 17.7 Å². The average molecular weight is 434 g/mol. The summed E-state index contributed by atoms with van der Waals surface area (Å²) < 4.78 is 13.7. The van der Waals surface area contributed by atoms with Crippen molar-refractivity contribution in [2.24, 2.45) is 11.8 Å². The molecule has 5 heteroatoms. The number of imidazole rings is 1. The lowest BCUT2D eigenvalue weighted by Crippen LogP contribution is -2.48. The molecule has 6 rings (SSSR count). The number of H-pyrrole nitrogens is 1. The van der Waals surface area contributed by atoms with Gasteiger partial charge in [0.25, 0.3) is 0 Å². The molecule has 1 heterocycles. The monoisotopic (exact) mass is 433 g/mol. The molecule has 0 unspecified atom stereocenters. The lowest BCUT2D eigenvalue weighted by atomic mass is 9.61. The van der Waals surface area contributed by atoms with Gasteiger partial charge in [-0.15, -0.1) is 0 Å². The Hall–Kier alpha value is -2.50. The third-order valence-corrected chi connectivity index (χ3v) is 7.41. The molecule has 0 spiro atoms. The highest BCUT2D eigenvalue weighted by Gasteiger charge is 2.46. The molecule has 3 atom stereocenters. The van der Waals surface area contributed by atoms with Crippen LogP contribution in [0.15, 0.2) is 54.6 Å². The standard InChI is InChI=1S/C27H32FN3O/c1-31(14-5-10-26-29-24-8-2-3-9-25(24)30-26)15-13-27(32)18-20-11-12-21(27)17-23(20)19-6-4-7-22(28)16-19/h2-4,6-9,16-17,20-21,32H,5,10-15,18H2,1H3,(H,29,30)/t20-,21+,27+/m0/s1. The number of para-hydroxylation sites is 2. The van der Waals surface area contributed by atoms with E-state index in [4.69, 9.17) is 0 Å². The first-order chi connectivity index (χ1) is 15.5. The van der Waals surface area contributed by atoms with Crippen molar-refractivity contribution in [1.82, 2.24) is 14.9 Å². The van der Waals surface area contributed by atoms with Crippen LogP contribution in [0.25, 0.3) is 16.6 Å². The second kappa shape index (κ2) is 8.80. The predicted octanol–water partition coefficient (Wildman–Crippen LogP) is 5.20. The van der Waals surface area contributed by atoms with Crippen LogP contribution in [0.4, 0.5) is 4.39 Å². The molecule has 1 fully saturated rings. The number of benzene rings is 2. The third kappa shape index (κ3) is 4.37. The van der Waals surface area contributed by atoms with Gasteiger partial charge in [0.15, 0.2) is 0 Å². The number of aliphatic hydroxyl groups is 1. The molecule has 1 saturated carbocycles. The topological polar surface area (TPSA) is 52.2 Å². The Labute approximate surface area is 189 Å².